The van der Waals surface area contributed by atoms with Crippen molar-refractivity contribution in [2.75, 3.05) is 19.0 Å². The van der Waals surface area contributed by atoms with Gasteiger partial charge in [-0.2, -0.15) is 0 Å². The van der Waals surface area contributed by atoms with Crippen molar-refractivity contribution in [2.45, 2.75) is 6.54 Å². The first kappa shape index (κ1) is 19.7. The number of nitrogens with one attached hydrogen (secondary N) is 1. The van der Waals surface area contributed by atoms with Gasteiger partial charge in [0.05, 0.1) is 11.4 Å². The lowest BCUT2D eigenvalue weighted by atomic mass is 10.3. The number of nitrogens with zero attached hydrogens (tertiary/aromatic N) is 6. The highest BCUT2D eigenvalue weighted by Gasteiger charge is 2.20. The van der Waals surface area contributed by atoms with Crippen LogP contribution in [0.5, 0.6) is 0 Å². The van der Waals surface area contributed by atoms with E-state index in [1.54, 1.807) is 0 Å². The minimum absolute atomic E-state index is 0.163. The summed E-state index contributed by atoms with van der Waals surface area (Å²) in [6, 6.07) is 15.5. The molecule has 5 aromatic rings. The Morgan fingerprint density at radius 3 is 2.74 bits per heavy atom. The van der Waals surface area contributed by atoms with Crippen LogP contribution >= 0.6 is 27.3 Å². The monoisotopic (exact) mass is 495 g/mol. The summed E-state index contributed by atoms with van der Waals surface area (Å²) in [6.07, 6.45) is 1.88. The highest BCUT2D eigenvalue weighted by Crippen LogP contribution is 2.33. The van der Waals surface area contributed by atoms with Crippen molar-refractivity contribution >= 4 is 55.1 Å². The van der Waals surface area contributed by atoms with Gasteiger partial charge in [0.1, 0.15) is 10.3 Å². The van der Waals surface area contributed by atoms with Crippen LogP contribution in [0.4, 0.5) is 5.95 Å². The zero-order valence-electron chi connectivity index (χ0n) is 16.8. The van der Waals surface area contributed by atoms with Crippen LogP contribution in [0.25, 0.3) is 21.7 Å². The van der Waals surface area contributed by atoms with Gasteiger partial charge in [-0.15, -0.1) is 21.5 Å². The topological polar surface area (TPSA) is 80.3 Å². The summed E-state index contributed by atoms with van der Waals surface area (Å²) in [4.78, 5) is 21.1. The quantitative estimate of drug-likeness (QED) is 0.400. The van der Waals surface area contributed by atoms with Crippen molar-refractivity contribution in [3.8, 4) is 5.69 Å². The second kappa shape index (κ2) is 7.78. The van der Waals surface area contributed by atoms with Crippen LogP contribution in [0.1, 0.15) is 15.5 Å². The minimum atomic E-state index is -0.163. The SMILES string of the molecule is CN(C)c1nc2cc(C(=O)NCc3nnc4ccccn34)sc2n1-c1ccc(Br)cc1. The summed E-state index contributed by atoms with van der Waals surface area (Å²) < 4.78 is 4.93. The average Bonchev–Trinajstić information content (AvgIpc) is 3.45. The van der Waals surface area contributed by atoms with Gasteiger partial charge in [-0.3, -0.25) is 13.8 Å². The standard InChI is InChI=1S/C21H18BrN7OS/c1-27(2)21-24-15-11-16(31-20(15)29(21)14-8-6-13(22)7-9-14)19(30)23-12-18-26-25-17-5-3-4-10-28(17)18/h3-11H,12H2,1-2H3,(H,23,30). The van der Waals surface area contributed by atoms with E-state index in [2.05, 4.69) is 36.0 Å². The number of anilines is 1. The number of hydrogen-bond acceptors (Lipinski definition) is 6. The molecule has 0 bridgehead atoms. The Balaban J connectivity index is 1.45. The molecule has 0 aliphatic rings. The zero-order valence-corrected chi connectivity index (χ0v) is 19.2. The molecule has 156 valence electrons. The van der Waals surface area contributed by atoms with Crippen LogP contribution < -0.4 is 10.2 Å². The molecule has 8 nitrogen and oxygen atoms in total. The summed E-state index contributed by atoms with van der Waals surface area (Å²) in [6.45, 7) is 0.287. The molecule has 0 fully saturated rings. The fourth-order valence-electron chi connectivity index (χ4n) is 3.35. The van der Waals surface area contributed by atoms with Crippen molar-refractivity contribution in [3.63, 3.8) is 0 Å². The van der Waals surface area contributed by atoms with Gasteiger partial charge in [-0.05, 0) is 42.5 Å². The van der Waals surface area contributed by atoms with Crippen molar-refractivity contribution in [3.05, 3.63) is 69.9 Å². The molecule has 1 aromatic carbocycles. The van der Waals surface area contributed by atoms with E-state index in [9.17, 15) is 4.79 Å². The van der Waals surface area contributed by atoms with E-state index in [1.807, 2.05) is 78.1 Å². The largest absolute Gasteiger partial charge is 0.348 e. The normalized spacial score (nSPS) is 11.3. The molecule has 5 rings (SSSR count). The molecule has 1 N–H and O–H groups in total. The first-order chi connectivity index (χ1) is 15.0. The van der Waals surface area contributed by atoms with Crippen LogP contribution in [0.2, 0.25) is 0 Å². The predicted molar refractivity (Wildman–Crippen MR) is 125 cm³/mol. The number of thiophene rings is 1. The minimum Gasteiger partial charge on any atom is -0.348 e. The molecule has 0 atom stereocenters. The molecule has 0 spiro atoms. The van der Waals surface area contributed by atoms with Crippen LogP contribution in [-0.2, 0) is 6.54 Å². The van der Waals surface area contributed by atoms with E-state index >= 15 is 0 Å². The van der Waals surface area contributed by atoms with Crippen LogP contribution in [-0.4, -0.2) is 44.2 Å². The number of pyridine rings is 1. The van der Waals surface area contributed by atoms with Crippen molar-refractivity contribution in [1.82, 2.24) is 29.5 Å². The van der Waals surface area contributed by atoms with E-state index < -0.39 is 0 Å². The van der Waals surface area contributed by atoms with Crippen LogP contribution in [0.3, 0.4) is 0 Å². The number of hydrogen-bond donors (Lipinski definition) is 1. The number of amides is 1. The van der Waals surface area contributed by atoms with Crippen molar-refractivity contribution in [2.24, 2.45) is 0 Å². The Morgan fingerprint density at radius 2 is 1.97 bits per heavy atom. The summed E-state index contributed by atoms with van der Waals surface area (Å²) >= 11 is 4.90. The molecule has 0 unspecified atom stereocenters. The fourth-order valence-corrected chi connectivity index (χ4v) is 4.65. The third-order valence-corrected chi connectivity index (χ3v) is 6.45. The molecular formula is C21H18BrN7OS. The second-order valence-corrected chi connectivity index (χ2v) is 9.09. The Labute approximate surface area is 190 Å². The Bertz CT molecular complexity index is 1400. The van der Waals surface area contributed by atoms with Gasteiger partial charge in [0.15, 0.2) is 11.5 Å². The second-order valence-electron chi connectivity index (χ2n) is 7.15. The lowest BCUT2D eigenvalue weighted by Gasteiger charge is -2.14. The van der Waals surface area contributed by atoms with Crippen LogP contribution in [0.15, 0.2) is 59.2 Å². The molecule has 0 radical (unpaired) electrons. The maximum atomic E-state index is 12.8. The number of carbonyl (C=O) groups is 1. The fraction of sp³-hybridized carbons (Fsp3) is 0.143. The number of rotatable bonds is 5. The number of halogens is 1. The third kappa shape index (κ3) is 3.57. The van der Waals surface area contributed by atoms with Crippen molar-refractivity contribution < 1.29 is 4.79 Å². The van der Waals surface area contributed by atoms with E-state index in [1.165, 1.54) is 11.3 Å². The van der Waals surface area contributed by atoms with Crippen LogP contribution in [0, 0.1) is 0 Å². The molecule has 4 heterocycles. The maximum Gasteiger partial charge on any atom is 0.261 e. The third-order valence-electron chi connectivity index (χ3n) is 4.82. The number of aromatic nitrogens is 5. The summed E-state index contributed by atoms with van der Waals surface area (Å²) in [5, 5.41) is 11.2. The molecule has 0 aliphatic carbocycles. The summed E-state index contributed by atoms with van der Waals surface area (Å²) in [5.41, 5.74) is 2.52. The molecule has 0 aliphatic heterocycles. The highest BCUT2D eigenvalue weighted by atomic mass is 79.9. The van der Waals surface area contributed by atoms with E-state index in [0.717, 1.165) is 32.1 Å². The summed E-state index contributed by atoms with van der Waals surface area (Å²) in [7, 11) is 3.91. The van der Waals surface area contributed by atoms with E-state index in [4.69, 9.17) is 4.98 Å². The van der Waals surface area contributed by atoms with Gasteiger partial charge >= 0.3 is 0 Å². The Hall–Kier alpha value is -3.24. The lowest BCUT2D eigenvalue weighted by molar-refractivity contribution is 0.0954. The number of fused-ring (bicyclic) bond motifs is 2. The Kier molecular flexibility index (Phi) is 4.95. The Morgan fingerprint density at radius 1 is 1.16 bits per heavy atom. The molecule has 0 saturated carbocycles. The number of imidazole rings is 1. The lowest BCUT2D eigenvalue weighted by Crippen LogP contribution is -2.23. The van der Waals surface area contributed by atoms with Gasteiger partial charge in [-0.1, -0.05) is 22.0 Å². The average molecular weight is 496 g/mol. The van der Waals surface area contributed by atoms with Crippen molar-refractivity contribution in [1.29, 1.82) is 0 Å². The summed E-state index contributed by atoms with van der Waals surface area (Å²) in [5.74, 6) is 1.33. The first-order valence-corrected chi connectivity index (χ1v) is 11.1. The van der Waals surface area contributed by atoms with Gasteiger partial charge in [0.2, 0.25) is 5.95 Å². The number of benzene rings is 1. The maximum absolute atomic E-state index is 12.8. The van der Waals surface area contributed by atoms with Gasteiger partial charge < -0.3 is 10.2 Å². The molecule has 0 saturated heterocycles. The molecule has 10 heteroatoms. The van der Waals surface area contributed by atoms with Gasteiger partial charge in [0, 0.05) is 30.5 Å². The van der Waals surface area contributed by atoms with E-state index in [-0.39, 0.29) is 12.5 Å². The van der Waals surface area contributed by atoms with Gasteiger partial charge in [-0.25, -0.2) is 4.98 Å². The number of carbonyl (C=O) groups excluding carboxylic acids is 1. The van der Waals surface area contributed by atoms with E-state index in [0.29, 0.717) is 10.7 Å². The highest BCUT2D eigenvalue weighted by molar-refractivity contribution is 9.10. The van der Waals surface area contributed by atoms with Gasteiger partial charge in [0.25, 0.3) is 5.91 Å². The smallest absolute Gasteiger partial charge is 0.261 e. The zero-order chi connectivity index (χ0) is 21.5. The molecule has 1 amide bonds. The predicted octanol–water partition coefficient (Wildman–Crippen LogP) is 3.89. The molecular weight excluding hydrogens is 478 g/mol. The molecule has 4 aromatic heterocycles. The molecule has 31 heavy (non-hydrogen) atoms. The first-order valence-electron chi connectivity index (χ1n) is 9.53.